The summed E-state index contributed by atoms with van der Waals surface area (Å²) in [6.07, 6.45) is 21.1. The molecule has 1 fully saturated rings. The molecule has 1 N–H and O–H groups in total. The Morgan fingerprint density at radius 1 is 1.15 bits per heavy atom. The van der Waals surface area contributed by atoms with Crippen LogP contribution in [-0.4, -0.2) is 45.1 Å². The van der Waals surface area contributed by atoms with E-state index in [2.05, 4.69) is 39.4 Å². The number of nitrogens with zero attached hydrogens (tertiary/aromatic N) is 4. The predicted molar refractivity (Wildman–Crippen MR) is 159 cm³/mol. The molecule has 5 rings (SSSR count). The van der Waals surface area contributed by atoms with E-state index in [9.17, 15) is 9.59 Å². The van der Waals surface area contributed by atoms with Crippen molar-refractivity contribution in [2.75, 3.05) is 11.9 Å². The second-order valence-electron chi connectivity index (χ2n) is 11.3. The standard InChI is InChI=1S/C30H40BN5O2S/c1-3-22-19-36(29(38)24(22)18-21(2)31-23-12-9-7-5-4-6-8-10-13-23)27(28(37)34-30-32-15-17-39-30)26-25-14-11-16-35(25)20-33-26/h3,15,17-18,20,23,27,31H,1,4-14,16,19H2,2H3,(H,32,34,37)/b21-18+. The monoisotopic (exact) mass is 545 g/mol. The van der Waals surface area contributed by atoms with Crippen LogP contribution in [-0.2, 0) is 22.6 Å². The van der Waals surface area contributed by atoms with Crippen molar-refractivity contribution >= 4 is 35.6 Å². The van der Waals surface area contributed by atoms with Crippen LogP contribution in [0.3, 0.4) is 0 Å². The summed E-state index contributed by atoms with van der Waals surface area (Å²) in [7, 11) is 1.02. The van der Waals surface area contributed by atoms with Crippen LogP contribution in [0, 0.1) is 0 Å². The maximum absolute atomic E-state index is 14.0. The molecule has 206 valence electrons. The van der Waals surface area contributed by atoms with Gasteiger partial charge >= 0.3 is 0 Å². The first-order valence-electron chi connectivity index (χ1n) is 14.6. The van der Waals surface area contributed by atoms with Gasteiger partial charge in [0.2, 0.25) is 0 Å². The van der Waals surface area contributed by atoms with E-state index in [1.54, 1.807) is 23.5 Å². The van der Waals surface area contributed by atoms with Gasteiger partial charge in [-0.15, -0.1) is 16.8 Å². The number of fused-ring (bicyclic) bond motifs is 1. The molecule has 1 unspecified atom stereocenters. The SMILES string of the molecule is C=CC1=C(/C=C(\C)BC2CCCCCCCCC2)C(=O)N(C(C(=O)Nc2nccs2)c2ncn3c2CCC3)C1. The summed E-state index contributed by atoms with van der Waals surface area (Å²) < 4.78 is 2.10. The van der Waals surface area contributed by atoms with Crippen LogP contribution in [0.5, 0.6) is 0 Å². The van der Waals surface area contributed by atoms with E-state index in [1.807, 2.05) is 5.38 Å². The fourth-order valence-electron chi connectivity index (χ4n) is 6.43. The molecule has 0 bridgehead atoms. The van der Waals surface area contributed by atoms with Crippen LogP contribution in [0.15, 0.2) is 53.3 Å². The van der Waals surface area contributed by atoms with Crippen molar-refractivity contribution in [3.63, 3.8) is 0 Å². The Kier molecular flexibility index (Phi) is 9.17. The van der Waals surface area contributed by atoms with Crippen molar-refractivity contribution in [3.8, 4) is 0 Å². The Labute approximate surface area is 236 Å². The third-order valence-electron chi connectivity index (χ3n) is 8.42. The molecule has 1 saturated carbocycles. The molecule has 0 saturated heterocycles. The van der Waals surface area contributed by atoms with Gasteiger partial charge in [-0.2, -0.15) is 0 Å². The first-order valence-corrected chi connectivity index (χ1v) is 15.5. The molecule has 39 heavy (non-hydrogen) atoms. The largest absolute Gasteiger partial charge is 0.334 e. The lowest BCUT2D eigenvalue weighted by Gasteiger charge is -2.26. The first-order chi connectivity index (χ1) is 19.0. The Bertz CT molecular complexity index is 1240. The molecule has 1 aliphatic carbocycles. The summed E-state index contributed by atoms with van der Waals surface area (Å²) in [6.45, 7) is 7.40. The molecule has 7 nitrogen and oxygen atoms in total. The number of anilines is 1. The molecule has 0 aromatic carbocycles. The molecular weight excluding hydrogens is 505 g/mol. The van der Waals surface area contributed by atoms with E-state index in [1.165, 1.54) is 74.6 Å². The van der Waals surface area contributed by atoms with Crippen molar-refractivity contribution in [1.29, 1.82) is 0 Å². The van der Waals surface area contributed by atoms with E-state index in [0.29, 0.717) is 28.8 Å². The third-order valence-corrected chi connectivity index (χ3v) is 9.11. The van der Waals surface area contributed by atoms with E-state index in [0.717, 1.165) is 37.9 Å². The number of carbonyl (C=O) groups excluding carboxylic acids is 2. The van der Waals surface area contributed by atoms with E-state index in [-0.39, 0.29) is 11.8 Å². The molecule has 3 aliphatic rings. The normalized spacial score (nSPS) is 20.2. The summed E-state index contributed by atoms with van der Waals surface area (Å²) in [5.74, 6) is 0.262. The minimum Gasteiger partial charge on any atom is -0.334 e. The summed E-state index contributed by atoms with van der Waals surface area (Å²) in [5.41, 5.74) is 4.46. The zero-order chi connectivity index (χ0) is 27.2. The lowest BCUT2D eigenvalue weighted by atomic mass is 9.55. The molecule has 0 spiro atoms. The number of hydrogen-bond donors (Lipinski definition) is 1. The average Bonchev–Trinajstić information content (AvgIpc) is 3.72. The van der Waals surface area contributed by atoms with Crippen LogP contribution in [0.1, 0.15) is 88.6 Å². The summed E-state index contributed by atoms with van der Waals surface area (Å²) >= 11 is 1.36. The number of imidazole rings is 1. The molecule has 2 aliphatic heterocycles. The minimum absolute atomic E-state index is 0.130. The zero-order valence-electron chi connectivity index (χ0n) is 23.2. The quantitative estimate of drug-likeness (QED) is 0.416. The van der Waals surface area contributed by atoms with Crippen molar-refractivity contribution in [3.05, 3.63) is 64.6 Å². The van der Waals surface area contributed by atoms with Gasteiger partial charge in [0.05, 0.1) is 12.0 Å². The third kappa shape index (κ3) is 6.45. The average molecular weight is 546 g/mol. The van der Waals surface area contributed by atoms with E-state index in [4.69, 9.17) is 0 Å². The fourth-order valence-corrected chi connectivity index (χ4v) is 6.97. The minimum atomic E-state index is -0.824. The molecule has 4 heterocycles. The summed E-state index contributed by atoms with van der Waals surface area (Å²) in [5, 5.41) is 5.27. The van der Waals surface area contributed by atoms with Gasteiger partial charge in [-0.1, -0.05) is 89.3 Å². The summed E-state index contributed by atoms with van der Waals surface area (Å²) in [6, 6.07) is -0.824. The Morgan fingerprint density at radius 2 is 1.90 bits per heavy atom. The van der Waals surface area contributed by atoms with Gasteiger partial charge in [-0.3, -0.25) is 14.9 Å². The molecule has 0 radical (unpaired) electrons. The van der Waals surface area contributed by atoms with Gasteiger partial charge in [-0.05, 0) is 18.4 Å². The van der Waals surface area contributed by atoms with Gasteiger partial charge < -0.3 is 9.47 Å². The van der Waals surface area contributed by atoms with Crippen LogP contribution >= 0.6 is 11.3 Å². The Balaban J connectivity index is 1.37. The molecule has 2 aromatic heterocycles. The number of hydrogen-bond acceptors (Lipinski definition) is 5. The van der Waals surface area contributed by atoms with Gasteiger partial charge in [0.25, 0.3) is 11.8 Å². The van der Waals surface area contributed by atoms with Crippen LogP contribution in [0.25, 0.3) is 0 Å². The topological polar surface area (TPSA) is 80.1 Å². The highest BCUT2D eigenvalue weighted by Crippen LogP contribution is 2.35. The maximum Gasteiger partial charge on any atom is 0.255 e. The Morgan fingerprint density at radius 3 is 2.59 bits per heavy atom. The number of amides is 2. The number of aryl methyl sites for hydroxylation is 1. The molecule has 2 aromatic rings. The van der Waals surface area contributed by atoms with Crippen LogP contribution < -0.4 is 5.32 Å². The summed E-state index contributed by atoms with van der Waals surface area (Å²) in [4.78, 5) is 38.2. The fraction of sp³-hybridized carbons (Fsp3) is 0.533. The first kappa shape index (κ1) is 27.6. The number of aromatic nitrogens is 3. The number of rotatable bonds is 8. The molecule has 2 amide bonds. The lowest BCUT2D eigenvalue weighted by Crippen LogP contribution is -2.40. The van der Waals surface area contributed by atoms with Crippen molar-refractivity contribution in [1.82, 2.24) is 19.4 Å². The van der Waals surface area contributed by atoms with Gasteiger partial charge in [0, 0.05) is 35.9 Å². The van der Waals surface area contributed by atoms with Gasteiger partial charge in [0.1, 0.15) is 0 Å². The highest BCUT2D eigenvalue weighted by Gasteiger charge is 2.41. The lowest BCUT2D eigenvalue weighted by molar-refractivity contribution is -0.134. The van der Waals surface area contributed by atoms with Crippen molar-refractivity contribution in [2.45, 2.75) is 96.0 Å². The number of nitrogens with one attached hydrogen (secondary N) is 1. The second kappa shape index (κ2) is 12.9. The maximum atomic E-state index is 14.0. The molecule has 9 heteroatoms. The number of allylic oxidation sites excluding steroid dienone is 1. The molecule has 1 atom stereocenters. The number of carbonyl (C=O) groups is 2. The smallest absolute Gasteiger partial charge is 0.255 e. The van der Waals surface area contributed by atoms with Crippen molar-refractivity contribution in [2.24, 2.45) is 0 Å². The predicted octanol–water partition coefficient (Wildman–Crippen LogP) is 5.94. The molecular formula is C30H40BN5O2S. The zero-order valence-corrected chi connectivity index (χ0v) is 24.0. The second-order valence-corrected chi connectivity index (χ2v) is 12.2. The van der Waals surface area contributed by atoms with Crippen LogP contribution in [0.4, 0.5) is 5.13 Å². The van der Waals surface area contributed by atoms with E-state index < -0.39 is 6.04 Å². The highest BCUT2D eigenvalue weighted by molar-refractivity contribution is 7.13. The van der Waals surface area contributed by atoms with Gasteiger partial charge in [-0.25, -0.2) is 9.97 Å². The highest BCUT2D eigenvalue weighted by atomic mass is 32.1. The van der Waals surface area contributed by atoms with Crippen LogP contribution in [0.2, 0.25) is 5.82 Å². The van der Waals surface area contributed by atoms with Gasteiger partial charge in [0.15, 0.2) is 18.5 Å². The number of thiazole rings is 1. The van der Waals surface area contributed by atoms with E-state index >= 15 is 0 Å². The Hall–Kier alpha value is -2.94. The van der Waals surface area contributed by atoms with Crippen molar-refractivity contribution < 1.29 is 9.59 Å².